The van der Waals surface area contributed by atoms with Crippen LogP contribution in [0.15, 0.2) is 17.5 Å². The highest BCUT2D eigenvalue weighted by molar-refractivity contribution is 7.23. The molecule has 3 rings (SSSR count). The standard InChI is InChI=1S/C12H11N3O4S2/c16-12(14-3-5-19-6-4-14)8-7-20-11(13-8)9-1-2-10(21-9)15(17)18/h1-2,7H,3-6H2. The van der Waals surface area contributed by atoms with Gasteiger partial charge in [0.25, 0.3) is 5.91 Å². The molecule has 2 aromatic heterocycles. The molecular formula is C12H11N3O4S2. The molecule has 1 saturated heterocycles. The number of carbonyl (C=O) groups excluding carboxylic acids is 1. The van der Waals surface area contributed by atoms with E-state index in [0.717, 1.165) is 11.3 Å². The van der Waals surface area contributed by atoms with Crippen LogP contribution in [0, 0.1) is 10.1 Å². The monoisotopic (exact) mass is 325 g/mol. The highest BCUT2D eigenvalue weighted by Crippen LogP contribution is 2.34. The van der Waals surface area contributed by atoms with Crippen molar-refractivity contribution in [1.29, 1.82) is 0 Å². The first kappa shape index (κ1) is 14.1. The zero-order chi connectivity index (χ0) is 14.8. The maximum Gasteiger partial charge on any atom is 0.324 e. The molecule has 0 aliphatic carbocycles. The van der Waals surface area contributed by atoms with Crippen molar-refractivity contribution in [1.82, 2.24) is 9.88 Å². The van der Waals surface area contributed by atoms with Crippen molar-refractivity contribution in [2.45, 2.75) is 0 Å². The van der Waals surface area contributed by atoms with Crippen molar-refractivity contribution in [2.24, 2.45) is 0 Å². The van der Waals surface area contributed by atoms with Gasteiger partial charge in [0.15, 0.2) is 0 Å². The maximum absolute atomic E-state index is 12.3. The van der Waals surface area contributed by atoms with Crippen LogP contribution in [0.1, 0.15) is 10.5 Å². The molecule has 1 amide bonds. The van der Waals surface area contributed by atoms with Crippen molar-refractivity contribution < 1.29 is 14.5 Å². The lowest BCUT2D eigenvalue weighted by Gasteiger charge is -2.25. The summed E-state index contributed by atoms with van der Waals surface area (Å²) in [4.78, 5) is 29.2. The number of hydrogen-bond donors (Lipinski definition) is 0. The molecule has 0 spiro atoms. The predicted octanol–water partition coefficient (Wildman–Crippen LogP) is 2.25. The normalized spacial score (nSPS) is 15.1. The fourth-order valence-corrected chi connectivity index (χ4v) is 3.64. The third-order valence-electron chi connectivity index (χ3n) is 3.00. The first-order valence-electron chi connectivity index (χ1n) is 6.22. The number of nitrogens with zero attached hydrogens (tertiary/aromatic N) is 3. The molecule has 2 aromatic rings. The Hall–Kier alpha value is -1.84. The van der Waals surface area contributed by atoms with Crippen LogP contribution in [0.3, 0.4) is 0 Å². The summed E-state index contributed by atoms with van der Waals surface area (Å²) in [6.45, 7) is 2.21. The summed E-state index contributed by atoms with van der Waals surface area (Å²) >= 11 is 2.38. The number of amides is 1. The zero-order valence-electron chi connectivity index (χ0n) is 10.9. The number of thiophene rings is 1. The molecule has 0 aromatic carbocycles. The van der Waals surface area contributed by atoms with Crippen LogP contribution in [0.25, 0.3) is 9.88 Å². The van der Waals surface area contributed by atoms with Gasteiger partial charge < -0.3 is 9.64 Å². The number of ether oxygens (including phenoxy) is 1. The Morgan fingerprint density at radius 3 is 2.81 bits per heavy atom. The van der Waals surface area contributed by atoms with Gasteiger partial charge in [-0.05, 0) is 6.07 Å². The van der Waals surface area contributed by atoms with Gasteiger partial charge >= 0.3 is 5.00 Å². The minimum Gasteiger partial charge on any atom is -0.378 e. The summed E-state index contributed by atoms with van der Waals surface area (Å²) in [5.41, 5.74) is 0.382. The van der Waals surface area contributed by atoms with Crippen molar-refractivity contribution in [3.05, 3.63) is 33.3 Å². The molecule has 21 heavy (non-hydrogen) atoms. The molecule has 0 N–H and O–H groups in total. The molecule has 3 heterocycles. The van der Waals surface area contributed by atoms with E-state index in [1.54, 1.807) is 16.3 Å². The van der Waals surface area contributed by atoms with Crippen LogP contribution >= 0.6 is 22.7 Å². The van der Waals surface area contributed by atoms with E-state index >= 15 is 0 Å². The largest absolute Gasteiger partial charge is 0.378 e. The third kappa shape index (κ3) is 2.94. The lowest BCUT2D eigenvalue weighted by atomic mass is 10.3. The second kappa shape index (κ2) is 5.88. The van der Waals surface area contributed by atoms with Crippen LogP contribution in [-0.2, 0) is 4.74 Å². The third-order valence-corrected chi connectivity index (χ3v) is 5.05. The Balaban J connectivity index is 1.78. The topological polar surface area (TPSA) is 85.6 Å². The first-order valence-corrected chi connectivity index (χ1v) is 7.92. The number of nitro groups is 1. The van der Waals surface area contributed by atoms with Crippen LogP contribution in [0.2, 0.25) is 0 Å². The van der Waals surface area contributed by atoms with E-state index in [1.807, 2.05) is 0 Å². The number of hydrogen-bond acceptors (Lipinski definition) is 7. The van der Waals surface area contributed by atoms with Gasteiger partial charge in [-0.1, -0.05) is 11.3 Å². The molecule has 0 saturated carbocycles. The Bertz CT molecular complexity index is 676. The fraction of sp³-hybridized carbons (Fsp3) is 0.333. The van der Waals surface area contributed by atoms with E-state index in [0.29, 0.717) is 41.9 Å². The number of aromatic nitrogens is 1. The molecule has 0 atom stereocenters. The first-order chi connectivity index (χ1) is 10.1. The van der Waals surface area contributed by atoms with Crippen molar-refractivity contribution in [3.63, 3.8) is 0 Å². The molecule has 1 aliphatic heterocycles. The van der Waals surface area contributed by atoms with Gasteiger partial charge in [0.05, 0.1) is 23.0 Å². The summed E-state index contributed by atoms with van der Waals surface area (Å²) < 4.78 is 5.21. The lowest BCUT2D eigenvalue weighted by Crippen LogP contribution is -2.40. The summed E-state index contributed by atoms with van der Waals surface area (Å²) in [5.74, 6) is -0.119. The lowest BCUT2D eigenvalue weighted by molar-refractivity contribution is -0.380. The van der Waals surface area contributed by atoms with Gasteiger partial charge in [0, 0.05) is 24.5 Å². The Morgan fingerprint density at radius 1 is 1.38 bits per heavy atom. The van der Waals surface area contributed by atoms with Crippen LogP contribution in [0.5, 0.6) is 0 Å². The number of thiazole rings is 1. The molecule has 1 aliphatic rings. The Labute approximate surface area is 127 Å². The second-order valence-electron chi connectivity index (χ2n) is 4.34. The summed E-state index contributed by atoms with van der Waals surface area (Å²) in [7, 11) is 0. The Morgan fingerprint density at radius 2 is 2.14 bits per heavy atom. The number of morpholine rings is 1. The molecule has 110 valence electrons. The van der Waals surface area contributed by atoms with Crippen LogP contribution < -0.4 is 0 Å². The van der Waals surface area contributed by atoms with Gasteiger partial charge in [0.1, 0.15) is 10.7 Å². The van der Waals surface area contributed by atoms with E-state index in [9.17, 15) is 14.9 Å². The van der Waals surface area contributed by atoms with Gasteiger partial charge in [-0.3, -0.25) is 14.9 Å². The molecule has 9 heteroatoms. The zero-order valence-corrected chi connectivity index (χ0v) is 12.5. The van der Waals surface area contributed by atoms with Crippen molar-refractivity contribution in [2.75, 3.05) is 26.3 Å². The minimum absolute atomic E-state index is 0.0706. The molecular weight excluding hydrogens is 314 g/mol. The average molecular weight is 325 g/mol. The van der Waals surface area contributed by atoms with E-state index in [1.165, 1.54) is 17.4 Å². The van der Waals surface area contributed by atoms with Gasteiger partial charge in [0.2, 0.25) is 0 Å². The van der Waals surface area contributed by atoms with Gasteiger partial charge in [-0.15, -0.1) is 11.3 Å². The van der Waals surface area contributed by atoms with Crippen LogP contribution in [-0.4, -0.2) is 47.0 Å². The SMILES string of the molecule is O=C(c1csc(-c2ccc([N+](=O)[O-])s2)n1)N1CCOCC1. The second-order valence-corrected chi connectivity index (χ2v) is 6.26. The summed E-state index contributed by atoms with van der Waals surface area (Å²) in [6.07, 6.45) is 0. The molecule has 0 unspecified atom stereocenters. The molecule has 0 bridgehead atoms. The molecule has 1 fully saturated rings. The smallest absolute Gasteiger partial charge is 0.324 e. The highest BCUT2D eigenvalue weighted by Gasteiger charge is 2.22. The highest BCUT2D eigenvalue weighted by atomic mass is 32.1. The van der Waals surface area contributed by atoms with E-state index in [4.69, 9.17) is 4.74 Å². The fourth-order valence-electron chi connectivity index (χ4n) is 1.95. The van der Waals surface area contributed by atoms with Gasteiger partial charge in [-0.2, -0.15) is 0 Å². The quantitative estimate of drug-likeness (QED) is 0.638. The van der Waals surface area contributed by atoms with E-state index in [-0.39, 0.29) is 10.9 Å². The maximum atomic E-state index is 12.3. The minimum atomic E-state index is -0.429. The molecule has 7 nitrogen and oxygen atoms in total. The Kier molecular flexibility index (Phi) is 3.95. The predicted molar refractivity (Wildman–Crippen MR) is 78.8 cm³/mol. The van der Waals surface area contributed by atoms with Crippen LogP contribution in [0.4, 0.5) is 5.00 Å². The molecule has 0 radical (unpaired) electrons. The van der Waals surface area contributed by atoms with Crippen molar-refractivity contribution in [3.8, 4) is 9.88 Å². The van der Waals surface area contributed by atoms with E-state index < -0.39 is 4.92 Å². The average Bonchev–Trinajstić information content (AvgIpc) is 3.16. The number of rotatable bonds is 3. The summed E-state index contributed by atoms with van der Waals surface area (Å²) in [5, 5.41) is 13.1. The number of carbonyl (C=O) groups is 1. The van der Waals surface area contributed by atoms with Gasteiger partial charge in [-0.25, -0.2) is 4.98 Å². The van der Waals surface area contributed by atoms with Crippen molar-refractivity contribution >= 4 is 33.6 Å². The summed E-state index contributed by atoms with van der Waals surface area (Å²) in [6, 6.07) is 3.11. The van der Waals surface area contributed by atoms with E-state index in [2.05, 4.69) is 4.98 Å².